The number of aliphatic hydroxyl groups is 1. The van der Waals surface area contributed by atoms with E-state index in [1.807, 2.05) is 20.8 Å². The third kappa shape index (κ3) is 4.12. The van der Waals surface area contributed by atoms with E-state index < -0.39 is 0 Å². The van der Waals surface area contributed by atoms with Gasteiger partial charge in [0.2, 0.25) is 0 Å². The van der Waals surface area contributed by atoms with Crippen molar-refractivity contribution in [3.05, 3.63) is 0 Å². The van der Waals surface area contributed by atoms with Crippen LogP contribution in [-0.2, 0) is 4.74 Å². The van der Waals surface area contributed by atoms with Gasteiger partial charge in [0.1, 0.15) is 0 Å². The summed E-state index contributed by atoms with van der Waals surface area (Å²) < 4.78 is 5.58. The number of aliphatic hydroxyl groups excluding tert-OH is 1. The molecule has 1 aliphatic carbocycles. The number of rotatable bonds is 5. The fraction of sp³-hybridized carbons (Fsp3) is 1.00. The van der Waals surface area contributed by atoms with Crippen molar-refractivity contribution in [2.45, 2.75) is 71.0 Å². The molecule has 0 spiro atoms. The molecule has 0 amide bonds. The lowest BCUT2D eigenvalue weighted by molar-refractivity contribution is -0.104. The van der Waals surface area contributed by atoms with Gasteiger partial charge in [-0.25, -0.2) is 0 Å². The van der Waals surface area contributed by atoms with Gasteiger partial charge in [0, 0.05) is 6.61 Å². The third-order valence-electron chi connectivity index (χ3n) is 3.60. The van der Waals surface area contributed by atoms with Crippen LogP contribution in [0.5, 0.6) is 0 Å². The van der Waals surface area contributed by atoms with E-state index in [1.54, 1.807) is 0 Å². The second-order valence-corrected chi connectivity index (χ2v) is 5.29. The van der Waals surface area contributed by atoms with Crippen LogP contribution in [0.25, 0.3) is 0 Å². The summed E-state index contributed by atoms with van der Waals surface area (Å²) in [5, 5.41) is 10.1. The molecule has 1 fully saturated rings. The Bertz CT molecular complexity index is 171. The number of hydrogen-bond acceptors (Lipinski definition) is 2. The van der Waals surface area contributed by atoms with Crippen LogP contribution < -0.4 is 0 Å². The Labute approximate surface area is 94.0 Å². The van der Waals surface area contributed by atoms with Crippen LogP contribution in [0.4, 0.5) is 0 Å². The molecule has 15 heavy (non-hydrogen) atoms. The molecule has 1 atom stereocenters. The lowest BCUT2D eigenvalue weighted by atomic mass is 9.82. The first-order chi connectivity index (χ1) is 7.06. The summed E-state index contributed by atoms with van der Waals surface area (Å²) in [4.78, 5) is 0. The van der Waals surface area contributed by atoms with E-state index in [0.717, 1.165) is 6.42 Å². The molecule has 1 unspecified atom stereocenters. The van der Waals surface area contributed by atoms with Crippen molar-refractivity contribution in [1.82, 2.24) is 0 Å². The Morgan fingerprint density at radius 3 is 2.40 bits per heavy atom. The van der Waals surface area contributed by atoms with Crippen molar-refractivity contribution < 1.29 is 9.84 Å². The maximum absolute atomic E-state index is 10.1. The molecule has 1 N–H and O–H groups in total. The van der Waals surface area contributed by atoms with E-state index in [9.17, 15) is 5.11 Å². The van der Waals surface area contributed by atoms with E-state index >= 15 is 0 Å². The Morgan fingerprint density at radius 2 is 1.87 bits per heavy atom. The second kappa shape index (κ2) is 5.86. The first-order valence-electron chi connectivity index (χ1n) is 6.38. The summed E-state index contributed by atoms with van der Waals surface area (Å²) >= 11 is 0. The highest BCUT2D eigenvalue weighted by molar-refractivity contribution is 4.82. The molecule has 0 aromatic rings. The zero-order valence-electron chi connectivity index (χ0n) is 10.5. The topological polar surface area (TPSA) is 29.5 Å². The predicted molar refractivity (Wildman–Crippen MR) is 62.9 cm³/mol. The number of hydrogen-bond donors (Lipinski definition) is 1. The van der Waals surface area contributed by atoms with Gasteiger partial charge in [-0.05, 0) is 33.1 Å². The minimum Gasteiger partial charge on any atom is -0.390 e. The zero-order chi connectivity index (χ0) is 11.3. The van der Waals surface area contributed by atoms with Gasteiger partial charge in [0.05, 0.1) is 11.7 Å². The summed E-state index contributed by atoms with van der Waals surface area (Å²) in [5.74, 6) is 0.716. The van der Waals surface area contributed by atoms with Gasteiger partial charge in [-0.2, -0.15) is 0 Å². The van der Waals surface area contributed by atoms with Gasteiger partial charge in [0.25, 0.3) is 0 Å². The normalized spacial score (nSPS) is 21.6. The predicted octanol–water partition coefficient (Wildman–Crippen LogP) is 3.13. The van der Waals surface area contributed by atoms with E-state index in [2.05, 4.69) is 0 Å². The Hall–Kier alpha value is -0.0800. The molecule has 0 heterocycles. The summed E-state index contributed by atoms with van der Waals surface area (Å²) in [6.07, 6.45) is 7.23. The molecular weight excluding hydrogens is 188 g/mol. The number of ether oxygens (including phenoxy) is 1. The highest BCUT2D eigenvalue weighted by Crippen LogP contribution is 2.30. The first kappa shape index (κ1) is 13.0. The van der Waals surface area contributed by atoms with Crippen molar-refractivity contribution in [2.75, 3.05) is 6.61 Å². The molecule has 2 heteroatoms. The fourth-order valence-corrected chi connectivity index (χ4v) is 2.49. The lowest BCUT2D eigenvalue weighted by Gasteiger charge is -2.33. The van der Waals surface area contributed by atoms with E-state index in [-0.39, 0.29) is 11.7 Å². The van der Waals surface area contributed by atoms with Crippen molar-refractivity contribution >= 4 is 0 Å². The van der Waals surface area contributed by atoms with Crippen LogP contribution in [0.1, 0.15) is 59.3 Å². The van der Waals surface area contributed by atoms with Crippen molar-refractivity contribution in [3.8, 4) is 0 Å². The van der Waals surface area contributed by atoms with Crippen molar-refractivity contribution in [1.29, 1.82) is 0 Å². The van der Waals surface area contributed by atoms with Crippen LogP contribution in [0.2, 0.25) is 0 Å². The Kier molecular flexibility index (Phi) is 5.07. The summed E-state index contributed by atoms with van der Waals surface area (Å²) in [5.41, 5.74) is -0.383. The van der Waals surface area contributed by atoms with Crippen molar-refractivity contribution in [2.24, 2.45) is 5.92 Å². The van der Waals surface area contributed by atoms with Gasteiger partial charge >= 0.3 is 0 Å². The van der Waals surface area contributed by atoms with Crippen LogP contribution in [-0.4, -0.2) is 23.4 Å². The Morgan fingerprint density at radius 1 is 1.27 bits per heavy atom. The van der Waals surface area contributed by atoms with E-state index in [0.29, 0.717) is 12.5 Å². The highest BCUT2D eigenvalue weighted by Gasteiger charge is 2.30. The zero-order valence-corrected chi connectivity index (χ0v) is 10.5. The molecule has 1 rings (SSSR count). The lowest BCUT2D eigenvalue weighted by Crippen LogP contribution is -2.40. The minimum absolute atomic E-state index is 0.319. The van der Waals surface area contributed by atoms with Gasteiger partial charge < -0.3 is 9.84 Å². The standard InChI is InChI=1S/C13H26O2/c1-4-15-13(2,3)12(14)10-11-8-6-5-7-9-11/h11-12,14H,4-10H2,1-3H3. The molecule has 1 saturated carbocycles. The molecule has 0 aromatic carbocycles. The second-order valence-electron chi connectivity index (χ2n) is 5.29. The van der Waals surface area contributed by atoms with Crippen molar-refractivity contribution in [3.63, 3.8) is 0 Å². The molecular formula is C13H26O2. The molecule has 0 saturated heterocycles. The van der Waals surface area contributed by atoms with Crippen LogP contribution in [0.3, 0.4) is 0 Å². The molecule has 0 aromatic heterocycles. The molecule has 90 valence electrons. The molecule has 0 aliphatic heterocycles. The Balaban J connectivity index is 2.35. The van der Waals surface area contributed by atoms with E-state index in [4.69, 9.17) is 4.74 Å². The molecule has 2 nitrogen and oxygen atoms in total. The van der Waals surface area contributed by atoms with Gasteiger partial charge in [-0.1, -0.05) is 32.1 Å². The maximum atomic E-state index is 10.1. The first-order valence-corrected chi connectivity index (χ1v) is 6.38. The SMILES string of the molecule is CCOC(C)(C)C(O)CC1CCCCC1. The average Bonchev–Trinajstić information content (AvgIpc) is 2.19. The maximum Gasteiger partial charge on any atom is 0.0884 e. The third-order valence-corrected chi connectivity index (χ3v) is 3.60. The summed E-state index contributed by atoms with van der Waals surface area (Å²) in [6.45, 7) is 6.64. The van der Waals surface area contributed by atoms with Gasteiger partial charge in [0.15, 0.2) is 0 Å². The van der Waals surface area contributed by atoms with E-state index in [1.165, 1.54) is 32.1 Å². The largest absolute Gasteiger partial charge is 0.390 e. The van der Waals surface area contributed by atoms with Gasteiger partial charge in [-0.15, -0.1) is 0 Å². The fourth-order valence-electron chi connectivity index (χ4n) is 2.49. The van der Waals surface area contributed by atoms with Crippen LogP contribution >= 0.6 is 0 Å². The molecule has 0 radical (unpaired) electrons. The minimum atomic E-state index is -0.383. The summed E-state index contributed by atoms with van der Waals surface area (Å²) in [7, 11) is 0. The highest BCUT2D eigenvalue weighted by atomic mass is 16.5. The average molecular weight is 214 g/mol. The van der Waals surface area contributed by atoms with Crippen LogP contribution in [0, 0.1) is 5.92 Å². The molecule has 1 aliphatic rings. The quantitative estimate of drug-likeness (QED) is 0.762. The summed E-state index contributed by atoms with van der Waals surface area (Å²) in [6, 6.07) is 0. The molecule has 0 bridgehead atoms. The van der Waals surface area contributed by atoms with Gasteiger partial charge in [-0.3, -0.25) is 0 Å². The van der Waals surface area contributed by atoms with Crippen LogP contribution in [0.15, 0.2) is 0 Å². The monoisotopic (exact) mass is 214 g/mol. The smallest absolute Gasteiger partial charge is 0.0884 e.